The van der Waals surface area contributed by atoms with Gasteiger partial charge in [-0.1, -0.05) is 19.3 Å². The lowest BCUT2D eigenvalue weighted by Gasteiger charge is -2.32. The van der Waals surface area contributed by atoms with Crippen molar-refractivity contribution in [1.82, 2.24) is 9.97 Å². The van der Waals surface area contributed by atoms with E-state index in [9.17, 15) is 0 Å². The van der Waals surface area contributed by atoms with E-state index in [-0.39, 0.29) is 16.8 Å². The molecule has 2 heterocycles. The molecule has 2 aromatic heterocycles. The minimum atomic E-state index is -0.232. The summed E-state index contributed by atoms with van der Waals surface area (Å²) in [6.45, 7) is 14.2. The number of fused-ring (bicyclic) bond motifs is 5. The van der Waals surface area contributed by atoms with Crippen molar-refractivity contribution >= 4 is 34.8 Å². The topological polar surface area (TPSA) is 82.1 Å². The summed E-state index contributed by atoms with van der Waals surface area (Å²) < 4.78 is 0. The minimum absolute atomic E-state index is 0.0222. The average Bonchev–Trinajstić information content (AvgIpc) is 3.39. The molecule has 2 aliphatic rings. The maximum absolute atomic E-state index is 9.05. The fourth-order valence-corrected chi connectivity index (χ4v) is 6.24. The molecule has 0 amide bonds. The number of hydrogen-bond donors (Lipinski definition) is 0. The third-order valence-electron chi connectivity index (χ3n) is 5.10. The Hall–Kier alpha value is -3.30. The zero-order valence-electron chi connectivity index (χ0n) is 14.7. The summed E-state index contributed by atoms with van der Waals surface area (Å²) in [5.41, 5.74) is 1.84. The van der Waals surface area contributed by atoms with Crippen LogP contribution in [0.1, 0.15) is 53.5 Å². The van der Waals surface area contributed by atoms with Crippen LogP contribution in [0.2, 0.25) is 0 Å². The first-order valence-corrected chi connectivity index (χ1v) is 10.3. The second kappa shape index (κ2) is 7.02. The molecule has 134 valence electrons. The first kappa shape index (κ1) is 18.1. The van der Waals surface area contributed by atoms with Crippen molar-refractivity contribution in [3.8, 4) is 21.9 Å². The van der Waals surface area contributed by atoms with E-state index in [1.165, 1.54) is 29.1 Å². The number of nitrogens with zero attached hydrogens (tertiary/aromatic N) is 6. The van der Waals surface area contributed by atoms with Gasteiger partial charge in [0.25, 0.3) is 11.4 Å². The van der Waals surface area contributed by atoms with E-state index in [4.69, 9.17) is 33.6 Å². The Labute approximate surface area is 170 Å². The molecule has 4 rings (SSSR count). The van der Waals surface area contributed by atoms with E-state index in [0.29, 0.717) is 10.0 Å². The maximum Gasteiger partial charge on any atom is 0.264 e. The maximum atomic E-state index is 9.05. The van der Waals surface area contributed by atoms with Gasteiger partial charge in [0.15, 0.2) is 0 Å². The monoisotopic (exact) mass is 400 g/mol. The molecule has 1 spiro atoms. The summed E-state index contributed by atoms with van der Waals surface area (Å²) in [5, 5.41) is 19.4. The molecule has 0 radical (unpaired) electrons. The van der Waals surface area contributed by atoms with Gasteiger partial charge >= 0.3 is 0 Å². The summed E-state index contributed by atoms with van der Waals surface area (Å²) in [5.74, 6) is 0. The highest BCUT2D eigenvalue weighted by Crippen LogP contribution is 2.58. The molecule has 0 unspecified atom stereocenters. The Morgan fingerprint density at radius 3 is 1.75 bits per heavy atom. The van der Waals surface area contributed by atoms with Gasteiger partial charge in [-0.25, -0.2) is 30.2 Å². The van der Waals surface area contributed by atoms with Crippen molar-refractivity contribution in [3.63, 3.8) is 0 Å². The molecule has 0 N–H and O–H groups in total. The van der Waals surface area contributed by atoms with Gasteiger partial charge in [0.1, 0.15) is 10.0 Å². The number of allylic oxidation sites excluding steroid dienone is 2. The van der Waals surface area contributed by atoms with E-state index < -0.39 is 0 Å². The van der Waals surface area contributed by atoms with E-state index in [1.54, 1.807) is 12.2 Å². The first-order chi connectivity index (χ1) is 13.6. The normalized spacial score (nSPS) is 17.1. The Balaban J connectivity index is 1.89. The third kappa shape index (κ3) is 2.72. The molecule has 0 aromatic carbocycles. The minimum Gasteiger partial charge on any atom is -0.241 e. The van der Waals surface area contributed by atoms with Crippen LogP contribution in [0.5, 0.6) is 0 Å². The zero-order chi connectivity index (χ0) is 19.7. The highest BCUT2D eigenvalue weighted by atomic mass is 32.1. The Morgan fingerprint density at radius 1 is 0.893 bits per heavy atom. The van der Waals surface area contributed by atoms with Crippen molar-refractivity contribution in [2.24, 2.45) is 0 Å². The first-order valence-electron chi connectivity index (χ1n) is 8.66. The molecule has 0 bridgehead atoms. The Morgan fingerprint density at radius 2 is 1.36 bits per heavy atom. The molecule has 2 aliphatic carbocycles. The van der Waals surface area contributed by atoms with Crippen molar-refractivity contribution in [3.05, 3.63) is 55.6 Å². The van der Waals surface area contributed by atoms with E-state index in [1.807, 2.05) is 12.1 Å². The van der Waals surface area contributed by atoms with Crippen molar-refractivity contribution in [2.75, 3.05) is 0 Å². The van der Waals surface area contributed by atoms with Gasteiger partial charge in [-0.2, -0.15) is 0 Å². The summed E-state index contributed by atoms with van der Waals surface area (Å²) in [6, 6.07) is 3.78. The summed E-state index contributed by atoms with van der Waals surface area (Å²) >= 11 is 2.95. The molecule has 0 saturated heterocycles. The Kier molecular flexibility index (Phi) is 4.54. The van der Waals surface area contributed by atoms with Gasteiger partial charge < -0.3 is 0 Å². The van der Waals surface area contributed by atoms with E-state index in [2.05, 4.69) is 9.69 Å². The van der Waals surface area contributed by atoms with Crippen molar-refractivity contribution in [1.29, 1.82) is 10.5 Å². The number of hydrogen-bond acceptors (Lipinski definition) is 6. The van der Waals surface area contributed by atoms with Gasteiger partial charge in [-0.3, -0.25) is 0 Å². The van der Waals surface area contributed by atoms with Crippen LogP contribution >= 0.6 is 22.7 Å². The molecule has 0 atom stereocenters. The van der Waals surface area contributed by atoms with E-state index >= 15 is 0 Å². The van der Waals surface area contributed by atoms with Gasteiger partial charge in [-0.15, -0.1) is 22.7 Å². The highest BCUT2D eigenvalue weighted by molar-refractivity contribution is 7.23. The van der Waals surface area contributed by atoms with Crippen LogP contribution in [0.25, 0.3) is 31.6 Å². The second-order valence-corrected chi connectivity index (χ2v) is 8.67. The lowest BCUT2D eigenvalue weighted by molar-refractivity contribution is 0.340. The molecule has 1 saturated carbocycles. The molecule has 28 heavy (non-hydrogen) atoms. The molecule has 0 aliphatic heterocycles. The van der Waals surface area contributed by atoms with E-state index in [0.717, 1.165) is 46.8 Å². The number of thiazole rings is 2. The molecular formula is C20H12N6S2. The van der Waals surface area contributed by atoms with Crippen LogP contribution in [-0.2, 0) is 5.41 Å². The molecular weight excluding hydrogens is 388 g/mol. The standard InChI is InChI=1S/C20H12N6S2/c1-23-12(10-21)8-14-25-18-16(27-14)17-19(20(18)6-4-3-5-7-20)26-15(28-17)9-13(11-22)24-2/h8-9H,3-7H2/b12-8-,13-9+. The largest absolute Gasteiger partial charge is 0.264 e. The van der Waals surface area contributed by atoms with Crippen LogP contribution in [0.3, 0.4) is 0 Å². The van der Waals surface area contributed by atoms with Gasteiger partial charge in [0.2, 0.25) is 0 Å². The highest BCUT2D eigenvalue weighted by Gasteiger charge is 2.49. The molecule has 1 fully saturated rings. The predicted molar refractivity (Wildman–Crippen MR) is 107 cm³/mol. The lowest BCUT2D eigenvalue weighted by atomic mass is 9.72. The molecule has 6 nitrogen and oxygen atoms in total. The summed E-state index contributed by atoms with van der Waals surface area (Å²) in [7, 11) is 0. The van der Waals surface area contributed by atoms with Gasteiger partial charge in [0, 0.05) is 0 Å². The Bertz CT molecular complexity index is 1070. The summed E-state index contributed by atoms with van der Waals surface area (Å²) in [4.78, 5) is 18.2. The quantitative estimate of drug-likeness (QED) is 0.499. The van der Waals surface area contributed by atoms with Crippen LogP contribution in [-0.4, -0.2) is 9.97 Å². The second-order valence-electron chi connectivity index (χ2n) is 6.61. The number of rotatable bonds is 2. The van der Waals surface area contributed by atoms with Crippen LogP contribution in [0, 0.1) is 35.8 Å². The fraction of sp³-hybridized carbons (Fsp3) is 0.300. The average molecular weight is 400 g/mol. The van der Waals surface area contributed by atoms with Gasteiger partial charge in [0.05, 0.1) is 51.8 Å². The molecule has 8 heteroatoms. The lowest BCUT2D eigenvalue weighted by Crippen LogP contribution is -2.29. The molecule has 2 aromatic rings. The zero-order valence-corrected chi connectivity index (χ0v) is 16.3. The third-order valence-corrected chi connectivity index (χ3v) is 7.27. The van der Waals surface area contributed by atoms with Crippen molar-refractivity contribution in [2.45, 2.75) is 37.5 Å². The van der Waals surface area contributed by atoms with Crippen LogP contribution < -0.4 is 0 Å². The van der Waals surface area contributed by atoms with Crippen LogP contribution in [0.4, 0.5) is 0 Å². The smallest absolute Gasteiger partial charge is 0.241 e. The number of aromatic nitrogens is 2. The van der Waals surface area contributed by atoms with Gasteiger partial charge in [-0.05, 0) is 25.0 Å². The van der Waals surface area contributed by atoms with Crippen LogP contribution in [0.15, 0.2) is 11.4 Å². The predicted octanol–water partition coefficient (Wildman–Crippen LogP) is 5.40. The summed E-state index contributed by atoms with van der Waals surface area (Å²) in [6.07, 6.45) is 8.40. The fourth-order valence-electron chi connectivity index (χ4n) is 3.91. The number of nitriles is 2. The SMILES string of the molecule is [C-]#[N+]/C(C#N)=C\c1nc2c(s1)-c1sc(/C=C(\C#N)[N+]#[C-])nc1C21CCCCC1. The van der Waals surface area contributed by atoms with Crippen molar-refractivity contribution < 1.29 is 0 Å².